The molecule has 0 aromatic heterocycles. The van der Waals surface area contributed by atoms with Gasteiger partial charge in [-0.15, -0.1) is 0 Å². The summed E-state index contributed by atoms with van der Waals surface area (Å²) in [5.41, 5.74) is 10.4. The molecule has 1 aliphatic heterocycles. The number of carbonyl (C=O) groups is 2. The number of carboxylic acid groups (broad SMARTS) is 2. The monoisotopic (exact) mass is 275 g/mol. The second-order valence-electron chi connectivity index (χ2n) is 4.56. The summed E-state index contributed by atoms with van der Waals surface area (Å²) in [7, 11) is 0. The van der Waals surface area contributed by atoms with Gasteiger partial charge in [0.1, 0.15) is 6.04 Å². The molecule has 0 bridgehead atoms. The molecular weight excluding hydrogens is 250 g/mol. The topological polar surface area (TPSA) is 130 Å². The van der Waals surface area contributed by atoms with Crippen molar-refractivity contribution in [1.82, 2.24) is 4.90 Å². The molecule has 1 fully saturated rings. The zero-order valence-corrected chi connectivity index (χ0v) is 11.3. The molecule has 19 heavy (non-hydrogen) atoms. The van der Waals surface area contributed by atoms with Crippen molar-refractivity contribution in [3.63, 3.8) is 0 Å². The van der Waals surface area contributed by atoms with Crippen LogP contribution in [0.5, 0.6) is 0 Å². The largest absolute Gasteiger partial charge is 0.480 e. The maximum atomic E-state index is 10.3. The number of amides is 1. The van der Waals surface area contributed by atoms with Gasteiger partial charge in [0.25, 0.3) is 0 Å². The molecule has 0 radical (unpaired) electrons. The molecule has 0 saturated carbocycles. The van der Waals surface area contributed by atoms with E-state index < -0.39 is 18.1 Å². The fourth-order valence-electron chi connectivity index (χ4n) is 1.72. The Balaban J connectivity index is 0.000000342. The first-order chi connectivity index (χ1) is 8.99. The van der Waals surface area contributed by atoms with E-state index in [1.165, 1.54) is 11.3 Å². The average Bonchev–Trinajstić information content (AvgIpc) is 2.40. The van der Waals surface area contributed by atoms with Gasteiger partial charge < -0.3 is 26.6 Å². The van der Waals surface area contributed by atoms with Gasteiger partial charge in [0.15, 0.2) is 0 Å². The molecule has 7 nitrogen and oxygen atoms in total. The van der Waals surface area contributed by atoms with Gasteiger partial charge in [0.2, 0.25) is 0 Å². The lowest BCUT2D eigenvalue weighted by molar-refractivity contribution is -0.138. The number of carboxylic acids is 1. The number of piperidine rings is 1. The molecule has 0 spiro atoms. The third-order valence-corrected chi connectivity index (χ3v) is 2.91. The molecule has 0 aliphatic carbocycles. The maximum absolute atomic E-state index is 10.3. The normalized spacial score (nSPS) is 16.2. The summed E-state index contributed by atoms with van der Waals surface area (Å²) < 4.78 is 0. The third-order valence-electron chi connectivity index (χ3n) is 2.91. The lowest BCUT2D eigenvalue weighted by atomic mass is 10.1. The Labute approximate surface area is 113 Å². The van der Waals surface area contributed by atoms with E-state index in [-0.39, 0.29) is 0 Å². The number of nitrogens with two attached hydrogens (primary N) is 2. The highest BCUT2D eigenvalue weighted by molar-refractivity contribution is 5.72. The van der Waals surface area contributed by atoms with Gasteiger partial charge >= 0.3 is 12.1 Å². The third kappa shape index (κ3) is 9.26. The van der Waals surface area contributed by atoms with Crippen LogP contribution >= 0.6 is 0 Å². The minimum atomic E-state index is -0.933. The van der Waals surface area contributed by atoms with Crippen LogP contribution < -0.4 is 11.5 Å². The van der Waals surface area contributed by atoms with Gasteiger partial charge in [-0.1, -0.05) is 6.42 Å². The average molecular weight is 275 g/mol. The maximum Gasteiger partial charge on any atom is 0.407 e. The van der Waals surface area contributed by atoms with Crippen molar-refractivity contribution in [3.8, 4) is 0 Å². The van der Waals surface area contributed by atoms with Crippen molar-refractivity contribution in [2.24, 2.45) is 11.5 Å². The predicted molar refractivity (Wildman–Crippen MR) is 72.0 cm³/mol. The van der Waals surface area contributed by atoms with Gasteiger partial charge in [0, 0.05) is 13.1 Å². The van der Waals surface area contributed by atoms with Gasteiger partial charge in [0.05, 0.1) is 0 Å². The summed E-state index contributed by atoms with van der Waals surface area (Å²) in [5.74, 6) is -0.933. The Hall–Kier alpha value is -1.34. The van der Waals surface area contributed by atoms with Crippen molar-refractivity contribution in [2.45, 2.75) is 44.6 Å². The second-order valence-corrected chi connectivity index (χ2v) is 4.56. The van der Waals surface area contributed by atoms with E-state index in [0.717, 1.165) is 38.8 Å². The number of likely N-dealkylation sites (tertiary alicyclic amines) is 1. The fourth-order valence-corrected chi connectivity index (χ4v) is 1.72. The second kappa shape index (κ2) is 10.6. The Kier molecular flexibility index (Phi) is 9.82. The summed E-state index contributed by atoms with van der Waals surface area (Å²) in [6.07, 6.45) is 4.65. The quantitative estimate of drug-likeness (QED) is 0.546. The molecule has 1 amide bonds. The van der Waals surface area contributed by atoms with Crippen LogP contribution in [0.3, 0.4) is 0 Å². The van der Waals surface area contributed by atoms with Gasteiger partial charge in [-0.05, 0) is 38.6 Å². The number of aliphatic carboxylic acids is 1. The lowest BCUT2D eigenvalue weighted by Gasteiger charge is -2.22. The number of hydrogen-bond acceptors (Lipinski definition) is 4. The zero-order valence-electron chi connectivity index (χ0n) is 11.3. The summed E-state index contributed by atoms with van der Waals surface area (Å²) >= 11 is 0. The molecule has 112 valence electrons. The van der Waals surface area contributed by atoms with E-state index >= 15 is 0 Å². The zero-order chi connectivity index (χ0) is 14.7. The van der Waals surface area contributed by atoms with Crippen LogP contribution in [-0.4, -0.2) is 52.9 Å². The Bertz CT molecular complexity index is 268. The highest BCUT2D eigenvalue weighted by atomic mass is 16.4. The van der Waals surface area contributed by atoms with Crippen LogP contribution in [0.25, 0.3) is 0 Å². The molecule has 6 N–H and O–H groups in total. The minimum absolute atomic E-state index is 0.520. The van der Waals surface area contributed by atoms with E-state index in [0.29, 0.717) is 13.0 Å². The van der Waals surface area contributed by atoms with Crippen LogP contribution in [0, 0.1) is 0 Å². The highest BCUT2D eigenvalue weighted by Gasteiger charge is 2.13. The number of unbranched alkanes of at least 4 members (excludes halogenated alkanes) is 1. The van der Waals surface area contributed by atoms with E-state index in [9.17, 15) is 9.59 Å². The van der Waals surface area contributed by atoms with Gasteiger partial charge in [-0.2, -0.15) is 0 Å². The highest BCUT2D eigenvalue weighted by Crippen LogP contribution is 2.07. The van der Waals surface area contributed by atoms with Crippen molar-refractivity contribution in [3.05, 3.63) is 0 Å². The van der Waals surface area contributed by atoms with E-state index in [4.69, 9.17) is 21.7 Å². The van der Waals surface area contributed by atoms with Crippen molar-refractivity contribution >= 4 is 12.1 Å². The first kappa shape index (κ1) is 17.7. The Morgan fingerprint density at radius 1 is 1.11 bits per heavy atom. The van der Waals surface area contributed by atoms with E-state index in [1.54, 1.807) is 0 Å². The molecule has 0 aromatic carbocycles. The number of nitrogens with zero attached hydrogens (tertiary/aromatic N) is 1. The van der Waals surface area contributed by atoms with E-state index in [1.807, 2.05) is 0 Å². The predicted octanol–water partition coefficient (Wildman–Crippen LogP) is 0.678. The minimum Gasteiger partial charge on any atom is -0.480 e. The van der Waals surface area contributed by atoms with Crippen LogP contribution in [0.4, 0.5) is 4.79 Å². The van der Waals surface area contributed by atoms with Crippen LogP contribution in [-0.2, 0) is 4.79 Å². The molecule has 7 heteroatoms. The van der Waals surface area contributed by atoms with Crippen molar-refractivity contribution in [1.29, 1.82) is 0 Å². The fraction of sp³-hybridized carbons (Fsp3) is 0.833. The van der Waals surface area contributed by atoms with Gasteiger partial charge in [-0.25, -0.2) is 4.79 Å². The van der Waals surface area contributed by atoms with Gasteiger partial charge in [-0.3, -0.25) is 4.79 Å². The number of rotatable bonds is 5. The lowest BCUT2D eigenvalue weighted by Crippen LogP contribution is -2.34. The SMILES string of the molecule is NCCCC[C@H](N)C(=O)O.O=C(O)N1CCCCC1. The smallest absolute Gasteiger partial charge is 0.407 e. The Morgan fingerprint density at radius 3 is 2.05 bits per heavy atom. The van der Waals surface area contributed by atoms with Crippen LogP contribution in [0.15, 0.2) is 0 Å². The summed E-state index contributed by atoms with van der Waals surface area (Å²) in [6, 6.07) is -0.716. The Morgan fingerprint density at radius 2 is 1.68 bits per heavy atom. The number of hydrogen-bond donors (Lipinski definition) is 4. The molecule has 1 heterocycles. The molecular formula is C12H25N3O4. The van der Waals surface area contributed by atoms with Crippen LogP contribution in [0.2, 0.25) is 0 Å². The standard InChI is InChI=1S/C6H14N2O2.C6H11NO2/c7-4-2-1-3-5(8)6(9)10;8-6(9)7-4-2-1-3-5-7/h5H,1-4,7-8H2,(H,9,10);1-5H2,(H,8,9)/t5-;/m0./s1. The van der Waals surface area contributed by atoms with Crippen LogP contribution in [0.1, 0.15) is 38.5 Å². The molecule has 0 aromatic rings. The molecule has 1 aliphatic rings. The van der Waals surface area contributed by atoms with Crippen molar-refractivity contribution < 1.29 is 19.8 Å². The first-order valence-corrected chi connectivity index (χ1v) is 6.65. The van der Waals surface area contributed by atoms with E-state index in [2.05, 4.69) is 0 Å². The first-order valence-electron chi connectivity index (χ1n) is 6.65. The molecule has 1 saturated heterocycles. The molecule has 1 rings (SSSR count). The summed E-state index contributed by atoms with van der Waals surface area (Å²) in [5, 5.41) is 16.8. The van der Waals surface area contributed by atoms with Crippen molar-refractivity contribution in [2.75, 3.05) is 19.6 Å². The molecule has 1 atom stereocenters. The summed E-state index contributed by atoms with van der Waals surface area (Å²) in [4.78, 5) is 21.9. The molecule has 0 unspecified atom stereocenters. The summed E-state index contributed by atoms with van der Waals surface area (Å²) in [6.45, 7) is 2.07.